The molecule has 2 amide bonds. The van der Waals surface area contributed by atoms with E-state index in [0.717, 1.165) is 49.1 Å². The molecule has 1 saturated heterocycles. The van der Waals surface area contributed by atoms with Crippen molar-refractivity contribution in [3.63, 3.8) is 0 Å². The van der Waals surface area contributed by atoms with E-state index < -0.39 is 6.04 Å². The van der Waals surface area contributed by atoms with Crippen molar-refractivity contribution >= 4 is 28.9 Å². The van der Waals surface area contributed by atoms with Gasteiger partial charge in [-0.1, -0.05) is 56.9 Å². The molecule has 0 spiro atoms. The zero-order valence-corrected chi connectivity index (χ0v) is 22.8. The second-order valence-electron chi connectivity index (χ2n) is 9.43. The Hall–Kier alpha value is -2.58. The molecule has 1 saturated carbocycles. The van der Waals surface area contributed by atoms with Crippen LogP contribution in [0, 0.1) is 12.8 Å². The summed E-state index contributed by atoms with van der Waals surface area (Å²) >= 11 is 1.44. The number of thiazole rings is 1. The third kappa shape index (κ3) is 6.79. The molecular formula is C28H40N4O3S. The molecule has 1 aromatic heterocycles. The van der Waals surface area contributed by atoms with E-state index >= 15 is 0 Å². The van der Waals surface area contributed by atoms with Gasteiger partial charge >= 0.3 is 0 Å². The van der Waals surface area contributed by atoms with Crippen molar-refractivity contribution < 1.29 is 14.4 Å². The van der Waals surface area contributed by atoms with Crippen LogP contribution >= 0.6 is 11.3 Å². The molecule has 2 atom stereocenters. The van der Waals surface area contributed by atoms with Gasteiger partial charge in [0.15, 0.2) is 0 Å². The molecule has 2 unspecified atom stereocenters. The Balaban J connectivity index is 0.00000176. The summed E-state index contributed by atoms with van der Waals surface area (Å²) in [6.07, 6.45) is 7.00. The number of carbonyl (C=O) groups excluding carboxylic acids is 3. The average Bonchev–Trinajstić information content (AvgIpc) is 3.58. The van der Waals surface area contributed by atoms with Crippen LogP contribution in [0.1, 0.15) is 91.5 Å². The van der Waals surface area contributed by atoms with Gasteiger partial charge in [0.05, 0.1) is 12.6 Å². The van der Waals surface area contributed by atoms with Crippen LogP contribution < -0.4 is 10.6 Å². The summed E-state index contributed by atoms with van der Waals surface area (Å²) < 4.78 is 0. The minimum Gasteiger partial charge on any atom is -0.343 e. The van der Waals surface area contributed by atoms with E-state index in [1.807, 2.05) is 49.9 Å². The number of hydrogen-bond acceptors (Lipinski definition) is 6. The molecule has 7 nitrogen and oxygen atoms in total. The Morgan fingerprint density at radius 1 is 1.11 bits per heavy atom. The zero-order valence-electron chi connectivity index (χ0n) is 22.0. The highest BCUT2D eigenvalue weighted by atomic mass is 32.1. The number of carbonyl (C=O) groups is 3. The van der Waals surface area contributed by atoms with Gasteiger partial charge in [-0.05, 0) is 51.6 Å². The number of likely N-dealkylation sites (tertiary alicyclic amines) is 1. The first kappa shape index (κ1) is 28.0. The van der Waals surface area contributed by atoms with Gasteiger partial charge in [0, 0.05) is 17.5 Å². The highest BCUT2D eigenvalue weighted by Crippen LogP contribution is 2.36. The van der Waals surface area contributed by atoms with Crippen LogP contribution in [-0.2, 0) is 9.59 Å². The molecule has 0 radical (unpaired) electrons. The number of nitrogens with one attached hydrogen (secondary N) is 2. The molecule has 0 bridgehead atoms. The van der Waals surface area contributed by atoms with Gasteiger partial charge in [0.25, 0.3) is 0 Å². The number of benzene rings is 1. The molecule has 36 heavy (non-hydrogen) atoms. The topological polar surface area (TPSA) is 91.4 Å². The summed E-state index contributed by atoms with van der Waals surface area (Å²) in [4.78, 5) is 45.7. The first-order chi connectivity index (χ1) is 17.5. The SMILES string of the molecule is CC.CNCC(=O)NC(C(=O)N1CCCC1c1nc(C(=O)c2cccc(C)c2)cs1)C1CCCCC1. The van der Waals surface area contributed by atoms with Gasteiger partial charge in [-0.15, -0.1) is 11.3 Å². The van der Waals surface area contributed by atoms with Crippen molar-refractivity contribution in [1.29, 1.82) is 0 Å². The van der Waals surface area contributed by atoms with Gasteiger partial charge in [-0.25, -0.2) is 4.98 Å². The molecule has 196 valence electrons. The second kappa shape index (κ2) is 13.7. The van der Waals surface area contributed by atoms with E-state index in [0.29, 0.717) is 17.8 Å². The molecule has 2 heterocycles. The van der Waals surface area contributed by atoms with E-state index in [-0.39, 0.29) is 36.1 Å². The molecule has 2 N–H and O–H groups in total. The van der Waals surface area contributed by atoms with E-state index in [4.69, 9.17) is 0 Å². The number of rotatable bonds is 8. The fourth-order valence-electron chi connectivity index (χ4n) is 5.18. The molecule has 2 aliphatic rings. The molecule has 2 fully saturated rings. The molecule has 8 heteroatoms. The predicted octanol–water partition coefficient (Wildman–Crippen LogP) is 4.66. The Morgan fingerprint density at radius 3 is 2.56 bits per heavy atom. The van der Waals surface area contributed by atoms with Gasteiger partial charge in [0.1, 0.15) is 16.7 Å². The van der Waals surface area contributed by atoms with Gasteiger partial charge in [0.2, 0.25) is 17.6 Å². The maximum atomic E-state index is 13.8. The maximum absolute atomic E-state index is 13.8. The van der Waals surface area contributed by atoms with Crippen LogP contribution in [0.25, 0.3) is 0 Å². The van der Waals surface area contributed by atoms with Gasteiger partial charge in [-0.2, -0.15) is 0 Å². The molecule has 1 aromatic carbocycles. The summed E-state index contributed by atoms with van der Waals surface area (Å²) in [5.41, 5.74) is 2.08. The lowest BCUT2D eigenvalue weighted by molar-refractivity contribution is -0.139. The van der Waals surface area contributed by atoms with Crippen LogP contribution in [0.3, 0.4) is 0 Å². The normalized spacial score (nSPS) is 18.8. The highest BCUT2D eigenvalue weighted by molar-refractivity contribution is 7.10. The van der Waals surface area contributed by atoms with Crippen LogP contribution in [-0.4, -0.2) is 53.7 Å². The van der Waals surface area contributed by atoms with Crippen LogP contribution in [0.15, 0.2) is 29.6 Å². The number of aryl methyl sites for hydroxylation is 1. The minimum absolute atomic E-state index is 0.0133. The standard InChI is InChI=1S/C26H34N4O3S.C2H6/c1-17-8-6-11-19(14-17)24(32)20-16-34-25(28-20)21-12-7-13-30(21)26(33)23(29-22(31)15-27-2)18-9-4-3-5-10-18;1-2/h6,8,11,14,16,18,21,23,27H,3-5,7,9-10,12-13,15H2,1-2H3,(H,29,31);1-2H3. The van der Waals surface area contributed by atoms with Crippen LogP contribution in [0.5, 0.6) is 0 Å². The molecular weight excluding hydrogens is 472 g/mol. The first-order valence-corrected chi connectivity index (χ1v) is 14.2. The second-order valence-corrected chi connectivity index (χ2v) is 10.3. The van der Waals surface area contributed by atoms with E-state index in [9.17, 15) is 14.4 Å². The third-order valence-corrected chi connectivity index (χ3v) is 7.84. The fourth-order valence-corrected chi connectivity index (χ4v) is 6.12. The van der Waals surface area contributed by atoms with E-state index in [1.54, 1.807) is 12.4 Å². The van der Waals surface area contributed by atoms with Crippen molar-refractivity contribution in [3.8, 4) is 0 Å². The number of aromatic nitrogens is 1. The zero-order chi connectivity index (χ0) is 26.1. The van der Waals surface area contributed by atoms with Crippen molar-refractivity contribution in [2.24, 2.45) is 5.92 Å². The lowest BCUT2D eigenvalue weighted by Crippen LogP contribution is -2.53. The fraction of sp³-hybridized carbons (Fsp3) is 0.571. The number of ketones is 1. The van der Waals surface area contributed by atoms with Crippen molar-refractivity contribution in [3.05, 3.63) is 51.5 Å². The largest absolute Gasteiger partial charge is 0.343 e. The molecule has 4 rings (SSSR count). The average molecular weight is 513 g/mol. The lowest BCUT2D eigenvalue weighted by atomic mass is 9.83. The van der Waals surface area contributed by atoms with Gasteiger partial charge < -0.3 is 15.5 Å². The Morgan fingerprint density at radius 2 is 1.86 bits per heavy atom. The Bertz CT molecular complexity index is 1030. The number of likely N-dealkylation sites (N-methyl/N-ethyl adjacent to an activating group) is 1. The summed E-state index contributed by atoms with van der Waals surface area (Å²) in [5, 5.41) is 8.49. The van der Waals surface area contributed by atoms with Crippen molar-refractivity contribution in [2.75, 3.05) is 20.1 Å². The number of amides is 2. The summed E-state index contributed by atoms with van der Waals surface area (Å²) in [7, 11) is 1.73. The minimum atomic E-state index is -0.505. The Labute approximate surface area is 219 Å². The van der Waals surface area contributed by atoms with Crippen molar-refractivity contribution in [2.45, 2.75) is 77.8 Å². The van der Waals surface area contributed by atoms with Crippen LogP contribution in [0.2, 0.25) is 0 Å². The number of nitrogens with zero attached hydrogens (tertiary/aromatic N) is 2. The van der Waals surface area contributed by atoms with Crippen molar-refractivity contribution in [1.82, 2.24) is 20.5 Å². The van der Waals surface area contributed by atoms with E-state index in [2.05, 4.69) is 15.6 Å². The molecule has 2 aromatic rings. The predicted molar refractivity (Wildman–Crippen MR) is 144 cm³/mol. The number of hydrogen-bond donors (Lipinski definition) is 2. The third-order valence-electron chi connectivity index (χ3n) is 6.90. The smallest absolute Gasteiger partial charge is 0.246 e. The summed E-state index contributed by atoms with van der Waals surface area (Å²) in [6.45, 7) is 6.80. The monoisotopic (exact) mass is 512 g/mol. The summed E-state index contributed by atoms with van der Waals surface area (Å²) in [6, 6.07) is 6.86. The van der Waals surface area contributed by atoms with E-state index in [1.165, 1.54) is 17.8 Å². The quantitative estimate of drug-likeness (QED) is 0.502. The lowest BCUT2D eigenvalue weighted by Gasteiger charge is -2.34. The highest BCUT2D eigenvalue weighted by Gasteiger charge is 2.39. The maximum Gasteiger partial charge on any atom is 0.246 e. The summed E-state index contributed by atoms with van der Waals surface area (Å²) in [5.74, 6) is -0.0948. The Kier molecular flexibility index (Phi) is 10.6. The van der Waals surface area contributed by atoms with Gasteiger partial charge in [-0.3, -0.25) is 14.4 Å². The molecule has 1 aliphatic heterocycles. The van der Waals surface area contributed by atoms with Crippen LogP contribution in [0.4, 0.5) is 0 Å². The first-order valence-electron chi connectivity index (χ1n) is 13.3. The molecule has 1 aliphatic carbocycles.